The summed E-state index contributed by atoms with van der Waals surface area (Å²) in [5, 5.41) is 11.6. The van der Waals surface area contributed by atoms with Crippen molar-refractivity contribution in [3.8, 4) is 5.75 Å². The van der Waals surface area contributed by atoms with Gasteiger partial charge in [-0.05, 0) is 44.4 Å². The highest BCUT2D eigenvalue weighted by Gasteiger charge is 2.27. The Kier molecular flexibility index (Phi) is 9.08. The number of nitrogens with one attached hydrogen (secondary N) is 3. The second-order valence-corrected chi connectivity index (χ2v) is 14.5. The molecule has 0 spiro atoms. The van der Waals surface area contributed by atoms with E-state index >= 15 is 0 Å². The summed E-state index contributed by atoms with van der Waals surface area (Å²) in [5.41, 5.74) is 2.29. The van der Waals surface area contributed by atoms with Crippen LogP contribution in [0.2, 0.25) is 10.0 Å². The van der Waals surface area contributed by atoms with Gasteiger partial charge in [0.15, 0.2) is 5.82 Å². The van der Waals surface area contributed by atoms with E-state index in [9.17, 15) is 4.57 Å². The first kappa shape index (κ1) is 29.0. The molecule has 9 nitrogen and oxygen atoms in total. The Labute approximate surface area is 246 Å². The Morgan fingerprint density at radius 1 is 1.00 bits per heavy atom. The van der Waals surface area contributed by atoms with Gasteiger partial charge in [0, 0.05) is 56.7 Å². The highest BCUT2D eigenvalue weighted by atomic mass is 35.5. The molecule has 3 heterocycles. The zero-order chi connectivity index (χ0) is 28.3. The molecule has 40 heavy (non-hydrogen) atoms. The molecule has 2 aromatic carbocycles. The Morgan fingerprint density at radius 2 is 1.73 bits per heavy atom. The number of benzene rings is 2. The lowest BCUT2D eigenvalue weighted by Gasteiger charge is -2.41. The predicted molar refractivity (Wildman–Crippen MR) is 167 cm³/mol. The number of hydrogen-bond acceptors (Lipinski definition) is 9. The molecule has 3 N–H and O–H groups in total. The summed E-state index contributed by atoms with van der Waals surface area (Å²) in [6.45, 7) is 9.74. The van der Waals surface area contributed by atoms with Gasteiger partial charge in [0.05, 0.1) is 35.4 Å². The van der Waals surface area contributed by atoms with Crippen molar-refractivity contribution in [1.29, 1.82) is 0 Å². The molecule has 0 atom stereocenters. The van der Waals surface area contributed by atoms with Gasteiger partial charge in [-0.1, -0.05) is 35.3 Å². The molecular weight excluding hydrogens is 568 g/mol. The summed E-state index contributed by atoms with van der Waals surface area (Å²) in [6, 6.07) is 11.9. The van der Waals surface area contributed by atoms with Crippen molar-refractivity contribution < 1.29 is 9.30 Å². The summed E-state index contributed by atoms with van der Waals surface area (Å²) < 4.78 is 18.5. The lowest BCUT2D eigenvalue weighted by molar-refractivity contribution is 0.150. The molecule has 2 aliphatic rings. The summed E-state index contributed by atoms with van der Waals surface area (Å²) >= 11 is 13.2. The molecule has 2 saturated heterocycles. The fourth-order valence-electron chi connectivity index (χ4n) is 5.38. The topological polar surface area (TPSA) is 94.6 Å². The van der Waals surface area contributed by atoms with E-state index in [1.54, 1.807) is 20.4 Å². The number of rotatable bonds is 8. The number of ether oxygens (including phenoxy) is 1. The minimum atomic E-state index is -2.52. The van der Waals surface area contributed by atoms with Crippen molar-refractivity contribution >= 4 is 64.5 Å². The molecule has 1 aromatic heterocycles. The highest BCUT2D eigenvalue weighted by Crippen LogP contribution is 2.40. The first-order valence-corrected chi connectivity index (χ1v) is 16.9. The van der Waals surface area contributed by atoms with E-state index in [0.717, 1.165) is 63.1 Å². The maximum absolute atomic E-state index is 12.8. The maximum atomic E-state index is 12.8. The Morgan fingerprint density at radius 3 is 2.42 bits per heavy atom. The largest absolute Gasteiger partial charge is 0.494 e. The first-order valence-electron chi connectivity index (χ1n) is 13.5. The zero-order valence-corrected chi connectivity index (χ0v) is 25.5. The van der Waals surface area contributed by atoms with Gasteiger partial charge in [0.1, 0.15) is 17.9 Å². The fraction of sp³-hybridized carbons (Fsp3) is 0.429. The molecule has 12 heteroatoms. The van der Waals surface area contributed by atoms with E-state index in [1.807, 2.05) is 36.4 Å². The second-order valence-electron chi connectivity index (χ2n) is 10.5. The van der Waals surface area contributed by atoms with Crippen LogP contribution in [-0.2, 0) is 4.57 Å². The number of halogens is 2. The number of nitrogens with zero attached hydrogens (tertiary/aromatic N) is 4. The smallest absolute Gasteiger partial charge is 0.229 e. The van der Waals surface area contributed by atoms with Gasteiger partial charge in [-0.15, -0.1) is 0 Å². The van der Waals surface area contributed by atoms with Gasteiger partial charge in [-0.25, -0.2) is 4.98 Å². The molecule has 2 aliphatic heterocycles. The van der Waals surface area contributed by atoms with Crippen LogP contribution in [0.5, 0.6) is 5.75 Å². The van der Waals surface area contributed by atoms with Crippen molar-refractivity contribution in [2.45, 2.75) is 18.9 Å². The number of aromatic nitrogens is 2. The minimum Gasteiger partial charge on any atom is -0.494 e. The van der Waals surface area contributed by atoms with Crippen LogP contribution >= 0.6 is 30.3 Å². The highest BCUT2D eigenvalue weighted by molar-refractivity contribution is 7.70. The molecule has 0 saturated carbocycles. The molecule has 0 amide bonds. The van der Waals surface area contributed by atoms with Gasteiger partial charge in [0.2, 0.25) is 5.95 Å². The van der Waals surface area contributed by atoms with Crippen LogP contribution in [0.3, 0.4) is 0 Å². The van der Waals surface area contributed by atoms with Crippen molar-refractivity contribution in [1.82, 2.24) is 20.2 Å². The van der Waals surface area contributed by atoms with Gasteiger partial charge >= 0.3 is 0 Å². The number of methoxy groups -OCH3 is 1. The second kappa shape index (κ2) is 12.5. The van der Waals surface area contributed by atoms with Crippen LogP contribution in [0.25, 0.3) is 0 Å². The summed E-state index contributed by atoms with van der Waals surface area (Å²) in [6.07, 6.45) is 3.74. The minimum absolute atomic E-state index is 0.319. The van der Waals surface area contributed by atoms with Crippen molar-refractivity contribution in [2.24, 2.45) is 0 Å². The third-order valence-corrected chi connectivity index (χ3v) is 9.60. The molecule has 0 aliphatic carbocycles. The van der Waals surface area contributed by atoms with Crippen LogP contribution in [0.1, 0.15) is 12.8 Å². The standard InChI is InChI=1S/C28H36Cl2N7O2P/c1-39-25-17-24(37-12-8-19(9-13-37)36-14-10-31-11-15-36)20(29)16-23(25)34-28-32-18-21(30)27(35-28)33-22-6-4-5-7-26(22)40(2,3)38/h4-7,16-19,31H,8-15H2,1-3H3,(H2,32,33,34,35). The van der Waals surface area contributed by atoms with E-state index in [1.165, 1.54) is 6.20 Å². The SMILES string of the molecule is COc1cc(N2CCC(N3CCNCC3)CC2)c(Cl)cc1Nc1ncc(Cl)c(Nc2ccccc2P(C)(C)=O)n1. The normalized spacial score (nSPS) is 17.1. The lowest BCUT2D eigenvalue weighted by atomic mass is 10.0. The van der Waals surface area contributed by atoms with Crippen LogP contribution in [0.15, 0.2) is 42.6 Å². The number of para-hydroxylation sites is 1. The maximum Gasteiger partial charge on any atom is 0.229 e. The number of anilines is 5. The molecular formula is C28H36Cl2N7O2P. The summed E-state index contributed by atoms with van der Waals surface area (Å²) in [7, 11) is -0.889. The van der Waals surface area contributed by atoms with E-state index in [0.29, 0.717) is 45.0 Å². The van der Waals surface area contributed by atoms with E-state index < -0.39 is 7.14 Å². The van der Waals surface area contributed by atoms with E-state index in [4.69, 9.17) is 27.9 Å². The van der Waals surface area contributed by atoms with Crippen molar-refractivity contribution in [2.75, 3.05) is 75.2 Å². The predicted octanol–water partition coefficient (Wildman–Crippen LogP) is 5.40. The molecule has 0 bridgehead atoms. The van der Waals surface area contributed by atoms with Gasteiger partial charge < -0.3 is 30.2 Å². The average molecular weight is 605 g/mol. The van der Waals surface area contributed by atoms with Gasteiger partial charge in [-0.3, -0.25) is 4.90 Å². The number of piperazine rings is 1. The third kappa shape index (κ3) is 6.67. The molecule has 2 fully saturated rings. The van der Waals surface area contributed by atoms with Crippen LogP contribution in [0, 0.1) is 0 Å². The van der Waals surface area contributed by atoms with Gasteiger partial charge in [0.25, 0.3) is 0 Å². The Balaban J connectivity index is 1.32. The third-order valence-electron chi connectivity index (χ3n) is 7.47. The lowest BCUT2D eigenvalue weighted by Crippen LogP contribution is -2.52. The van der Waals surface area contributed by atoms with Crippen molar-refractivity contribution in [3.05, 3.63) is 52.6 Å². The monoisotopic (exact) mass is 603 g/mol. The Hall–Kier alpha value is -2.55. The summed E-state index contributed by atoms with van der Waals surface area (Å²) in [5.74, 6) is 1.36. The van der Waals surface area contributed by atoms with Crippen LogP contribution < -0.4 is 30.9 Å². The average Bonchev–Trinajstić information content (AvgIpc) is 2.95. The molecule has 0 radical (unpaired) electrons. The molecule has 214 valence electrons. The number of hydrogen-bond donors (Lipinski definition) is 3. The molecule has 3 aromatic rings. The van der Waals surface area contributed by atoms with E-state index in [2.05, 4.69) is 35.7 Å². The molecule has 5 rings (SSSR count). The fourth-order valence-corrected chi connectivity index (χ4v) is 6.96. The Bertz CT molecular complexity index is 1390. The van der Waals surface area contributed by atoms with Crippen LogP contribution in [-0.4, -0.2) is 80.6 Å². The van der Waals surface area contributed by atoms with Crippen molar-refractivity contribution in [3.63, 3.8) is 0 Å². The van der Waals surface area contributed by atoms with Crippen LogP contribution in [0.4, 0.5) is 28.8 Å². The zero-order valence-electron chi connectivity index (χ0n) is 23.1. The quantitative estimate of drug-likeness (QED) is 0.292. The number of piperidine rings is 1. The van der Waals surface area contributed by atoms with Gasteiger partial charge in [-0.2, -0.15) is 4.98 Å². The molecule has 0 unspecified atom stereocenters. The van der Waals surface area contributed by atoms with E-state index in [-0.39, 0.29) is 0 Å². The summed E-state index contributed by atoms with van der Waals surface area (Å²) in [4.78, 5) is 13.9. The first-order chi connectivity index (χ1) is 19.2.